The zero-order chi connectivity index (χ0) is 12.5. The molecule has 0 bridgehead atoms. The van der Waals surface area contributed by atoms with Crippen LogP contribution in [0.4, 0.5) is 0 Å². The van der Waals surface area contributed by atoms with Gasteiger partial charge in [-0.25, -0.2) is 0 Å². The van der Waals surface area contributed by atoms with Crippen molar-refractivity contribution in [2.45, 2.75) is 32.1 Å². The Morgan fingerprint density at radius 3 is 3.00 bits per heavy atom. The summed E-state index contributed by atoms with van der Waals surface area (Å²) in [6.45, 7) is 2.97. The molecule has 0 aliphatic carbocycles. The third-order valence-electron chi connectivity index (χ3n) is 3.35. The van der Waals surface area contributed by atoms with E-state index in [9.17, 15) is 4.79 Å². The number of amides is 1. The van der Waals surface area contributed by atoms with Gasteiger partial charge in [0.15, 0.2) is 0 Å². The van der Waals surface area contributed by atoms with Gasteiger partial charge in [-0.15, -0.1) is 0 Å². The number of hydrogen-bond donors (Lipinski definition) is 1. The molecule has 1 aliphatic rings. The zero-order valence-corrected chi connectivity index (χ0v) is 12.0. The highest BCUT2D eigenvalue weighted by molar-refractivity contribution is 7.98. The van der Waals surface area contributed by atoms with Crippen molar-refractivity contribution in [1.29, 1.82) is 0 Å². The highest BCUT2D eigenvalue weighted by atomic mass is 32.2. The molecule has 1 amide bonds. The van der Waals surface area contributed by atoms with Gasteiger partial charge in [0.1, 0.15) is 0 Å². The Balaban J connectivity index is 2.21. The summed E-state index contributed by atoms with van der Waals surface area (Å²) in [7, 11) is 1.99. The van der Waals surface area contributed by atoms with Gasteiger partial charge in [0.25, 0.3) is 0 Å². The molecule has 4 heteroatoms. The lowest BCUT2D eigenvalue weighted by atomic mass is 9.97. The lowest BCUT2D eigenvalue weighted by Gasteiger charge is -2.32. The summed E-state index contributed by atoms with van der Waals surface area (Å²) in [6.07, 6.45) is 7.51. The van der Waals surface area contributed by atoms with Crippen LogP contribution in [0.1, 0.15) is 32.1 Å². The topological polar surface area (TPSA) is 32.3 Å². The minimum atomic E-state index is 0.368. The number of unbranched alkanes of at least 4 members (excludes halogenated alkanes) is 1. The van der Waals surface area contributed by atoms with Crippen molar-refractivity contribution in [3.05, 3.63) is 0 Å². The third-order valence-corrected chi connectivity index (χ3v) is 4.05. The highest BCUT2D eigenvalue weighted by Crippen LogP contribution is 2.17. The lowest BCUT2D eigenvalue weighted by Crippen LogP contribution is -2.42. The van der Waals surface area contributed by atoms with E-state index in [1.807, 2.05) is 18.8 Å². The van der Waals surface area contributed by atoms with Crippen LogP contribution in [-0.4, -0.2) is 49.5 Å². The number of carbonyl (C=O) groups is 1. The van der Waals surface area contributed by atoms with Gasteiger partial charge in [0.2, 0.25) is 5.91 Å². The summed E-state index contributed by atoms with van der Waals surface area (Å²) in [5.74, 6) is 2.20. The van der Waals surface area contributed by atoms with Crippen LogP contribution in [0.15, 0.2) is 0 Å². The molecule has 1 heterocycles. The Morgan fingerprint density at radius 2 is 2.29 bits per heavy atom. The van der Waals surface area contributed by atoms with Gasteiger partial charge in [-0.2, -0.15) is 11.8 Å². The van der Waals surface area contributed by atoms with Gasteiger partial charge in [-0.05, 0) is 57.2 Å². The van der Waals surface area contributed by atoms with Crippen LogP contribution in [-0.2, 0) is 4.79 Å². The number of carbonyl (C=O) groups excluding carboxylic acids is 1. The van der Waals surface area contributed by atoms with Crippen LogP contribution in [0.25, 0.3) is 0 Å². The SMILES string of the molecule is CNCC1CCCN(C(=O)CCCCSC)C1. The molecule has 1 atom stereocenters. The van der Waals surface area contributed by atoms with E-state index in [1.54, 1.807) is 0 Å². The Morgan fingerprint density at radius 1 is 1.47 bits per heavy atom. The molecule has 1 aliphatic heterocycles. The largest absolute Gasteiger partial charge is 0.342 e. The fourth-order valence-electron chi connectivity index (χ4n) is 2.43. The predicted octanol–water partition coefficient (Wildman–Crippen LogP) is 1.98. The summed E-state index contributed by atoms with van der Waals surface area (Å²) in [5, 5.41) is 3.22. The molecule has 100 valence electrons. The summed E-state index contributed by atoms with van der Waals surface area (Å²) < 4.78 is 0. The first kappa shape index (κ1) is 14.8. The average molecular weight is 258 g/mol. The Kier molecular flexibility index (Phi) is 7.69. The molecule has 0 radical (unpaired) electrons. The number of piperidine rings is 1. The normalized spacial score (nSPS) is 20.6. The molecule has 0 aromatic carbocycles. The summed E-state index contributed by atoms with van der Waals surface area (Å²) in [4.78, 5) is 14.1. The predicted molar refractivity (Wildman–Crippen MR) is 75.5 cm³/mol. The molecule has 0 saturated carbocycles. The smallest absolute Gasteiger partial charge is 0.222 e. The molecular weight excluding hydrogens is 232 g/mol. The van der Waals surface area contributed by atoms with Crippen LogP contribution in [0.2, 0.25) is 0 Å². The van der Waals surface area contributed by atoms with Gasteiger partial charge >= 0.3 is 0 Å². The molecule has 0 aromatic rings. The number of nitrogens with zero attached hydrogens (tertiary/aromatic N) is 1. The zero-order valence-electron chi connectivity index (χ0n) is 11.2. The lowest BCUT2D eigenvalue weighted by molar-refractivity contribution is -0.133. The summed E-state index contributed by atoms with van der Waals surface area (Å²) in [6, 6.07) is 0. The molecule has 1 N–H and O–H groups in total. The van der Waals surface area contributed by atoms with Crippen LogP contribution < -0.4 is 5.32 Å². The fraction of sp³-hybridized carbons (Fsp3) is 0.923. The molecule has 0 spiro atoms. The van der Waals surface area contributed by atoms with E-state index in [0.29, 0.717) is 11.8 Å². The highest BCUT2D eigenvalue weighted by Gasteiger charge is 2.22. The van der Waals surface area contributed by atoms with Gasteiger partial charge < -0.3 is 10.2 Å². The van der Waals surface area contributed by atoms with E-state index in [0.717, 1.165) is 32.5 Å². The van der Waals surface area contributed by atoms with Crippen molar-refractivity contribution >= 4 is 17.7 Å². The van der Waals surface area contributed by atoms with E-state index in [1.165, 1.54) is 25.0 Å². The second kappa shape index (κ2) is 8.81. The second-order valence-electron chi connectivity index (χ2n) is 4.86. The Labute approximate surface area is 110 Å². The van der Waals surface area contributed by atoms with Crippen molar-refractivity contribution in [3.63, 3.8) is 0 Å². The standard InChI is InChI=1S/C13H26N2OS/c1-14-10-12-6-5-8-15(11-12)13(16)7-3-4-9-17-2/h12,14H,3-11H2,1-2H3. The Hall–Kier alpha value is -0.220. The maximum atomic E-state index is 12.0. The van der Waals surface area contributed by atoms with Crippen molar-refractivity contribution in [3.8, 4) is 0 Å². The number of hydrogen-bond acceptors (Lipinski definition) is 3. The van der Waals surface area contributed by atoms with Crippen molar-refractivity contribution in [1.82, 2.24) is 10.2 Å². The first-order valence-corrected chi connectivity index (χ1v) is 8.08. The molecule has 17 heavy (non-hydrogen) atoms. The molecule has 0 aromatic heterocycles. The molecule has 1 rings (SSSR count). The fourth-order valence-corrected chi connectivity index (χ4v) is 2.92. The number of nitrogens with one attached hydrogen (secondary N) is 1. The minimum Gasteiger partial charge on any atom is -0.342 e. The van der Waals surface area contributed by atoms with Gasteiger partial charge in [0.05, 0.1) is 0 Å². The van der Waals surface area contributed by atoms with Crippen molar-refractivity contribution in [2.24, 2.45) is 5.92 Å². The van der Waals surface area contributed by atoms with Gasteiger partial charge in [-0.1, -0.05) is 0 Å². The third kappa shape index (κ3) is 5.77. The summed E-state index contributed by atoms with van der Waals surface area (Å²) >= 11 is 1.86. The average Bonchev–Trinajstić information content (AvgIpc) is 2.35. The van der Waals surface area contributed by atoms with Crippen molar-refractivity contribution < 1.29 is 4.79 Å². The first-order valence-electron chi connectivity index (χ1n) is 6.69. The summed E-state index contributed by atoms with van der Waals surface area (Å²) in [5.41, 5.74) is 0. The minimum absolute atomic E-state index is 0.368. The van der Waals surface area contributed by atoms with Crippen LogP contribution in [0.5, 0.6) is 0 Å². The molecule has 1 unspecified atom stereocenters. The van der Waals surface area contributed by atoms with Crippen LogP contribution in [0.3, 0.4) is 0 Å². The molecular formula is C13H26N2OS. The van der Waals surface area contributed by atoms with Crippen molar-refractivity contribution in [2.75, 3.05) is 38.7 Å². The van der Waals surface area contributed by atoms with E-state index in [4.69, 9.17) is 0 Å². The number of thioether (sulfide) groups is 1. The monoisotopic (exact) mass is 258 g/mol. The quantitative estimate of drug-likeness (QED) is 0.709. The van der Waals surface area contributed by atoms with Crippen LogP contribution in [0, 0.1) is 5.92 Å². The van der Waals surface area contributed by atoms with Gasteiger partial charge in [-0.3, -0.25) is 4.79 Å². The maximum Gasteiger partial charge on any atom is 0.222 e. The second-order valence-corrected chi connectivity index (χ2v) is 5.84. The van der Waals surface area contributed by atoms with E-state index >= 15 is 0 Å². The van der Waals surface area contributed by atoms with Gasteiger partial charge in [0, 0.05) is 19.5 Å². The Bertz CT molecular complexity index is 221. The van der Waals surface area contributed by atoms with E-state index in [2.05, 4.69) is 16.5 Å². The van der Waals surface area contributed by atoms with E-state index in [-0.39, 0.29) is 0 Å². The molecule has 1 saturated heterocycles. The van der Waals surface area contributed by atoms with E-state index < -0.39 is 0 Å². The molecule has 1 fully saturated rings. The van der Waals surface area contributed by atoms with Crippen LogP contribution >= 0.6 is 11.8 Å². The maximum absolute atomic E-state index is 12.0. The number of likely N-dealkylation sites (tertiary alicyclic amines) is 1. The molecule has 3 nitrogen and oxygen atoms in total. The number of rotatable bonds is 7. The first-order chi connectivity index (χ1) is 8.27.